The van der Waals surface area contributed by atoms with Crippen LogP contribution in [0.25, 0.3) is 11.4 Å². The number of hydrogen-bond donors (Lipinski definition) is 0. The molecule has 1 unspecified atom stereocenters. The summed E-state index contributed by atoms with van der Waals surface area (Å²) >= 11 is 6.15. The van der Waals surface area contributed by atoms with Crippen molar-refractivity contribution in [1.82, 2.24) is 14.8 Å². The number of nitriles is 2. The van der Waals surface area contributed by atoms with Crippen LogP contribution in [0.15, 0.2) is 30.6 Å². The summed E-state index contributed by atoms with van der Waals surface area (Å²) in [6, 6.07) is 11.6. The van der Waals surface area contributed by atoms with Crippen LogP contribution >= 0.6 is 11.6 Å². The first-order valence-electron chi connectivity index (χ1n) is 6.15. The molecule has 100 valence electrons. The Morgan fingerprint density at radius 1 is 1.30 bits per heavy atom. The first-order chi connectivity index (χ1) is 9.76. The molecule has 0 saturated carbocycles. The van der Waals surface area contributed by atoms with Crippen molar-refractivity contribution in [3.05, 3.63) is 35.6 Å². The van der Waals surface area contributed by atoms with Gasteiger partial charge in [-0.05, 0) is 18.6 Å². The molecule has 1 aromatic heterocycles. The van der Waals surface area contributed by atoms with E-state index in [-0.39, 0.29) is 5.92 Å². The van der Waals surface area contributed by atoms with Gasteiger partial charge in [-0.1, -0.05) is 23.7 Å². The number of aromatic nitrogens is 3. The van der Waals surface area contributed by atoms with Crippen LogP contribution in [0.5, 0.6) is 0 Å². The minimum absolute atomic E-state index is 0.266. The Bertz CT molecular complexity index is 665. The highest BCUT2D eigenvalue weighted by atomic mass is 35.5. The van der Waals surface area contributed by atoms with E-state index >= 15 is 0 Å². The maximum atomic E-state index is 9.12. The smallest absolute Gasteiger partial charge is 0.159 e. The van der Waals surface area contributed by atoms with E-state index in [4.69, 9.17) is 22.1 Å². The highest BCUT2D eigenvalue weighted by Gasteiger charge is 2.15. The number of nitrogens with zero attached hydrogens (tertiary/aromatic N) is 5. The molecular weight excluding hydrogens is 274 g/mol. The van der Waals surface area contributed by atoms with E-state index < -0.39 is 0 Å². The fraction of sp³-hybridized carbons (Fsp3) is 0.286. The predicted octanol–water partition coefficient (Wildman–Crippen LogP) is 3.04. The van der Waals surface area contributed by atoms with Crippen molar-refractivity contribution in [2.45, 2.75) is 19.4 Å². The Labute approximate surface area is 122 Å². The number of hydrogen-bond acceptors (Lipinski definition) is 4. The Balaban J connectivity index is 2.24. The summed E-state index contributed by atoms with van der Waals surface area (Å²) in [6.07, 6.45) is 2.32. The average Bonchev–Trinajstić information content (AvgIpc) is 2.92. The summed E-state index contributed by atoms with van der Waals surface area (Å²) in [5.74, 6) is 0.366. The summed E-state index contributed by atoms with van der Waals surface area (Å²) in [5.41, 5.74) is 0.781. The molecule has 1 atom stereocenters. The fourth-order valence-electron chi connectivity index (χ4n) is 1.89. The fourth-order valence-corrected chi connectivity index (χ4v) is 2.11. The van der Waals surface area contributed by atoms with Gasteiger partial charge in [-0.3, -0.25) is 0 Å². The lowest BCUT2D eigenvalue weighted by Gasteiger charge is -2.10. The minimum Gasteiger partial charge on any atom is -0.244 e. The van der Waals surface area contributed by atoms with Gasteiger partial charge in [0.25, 0.3) is 0 Å². The van der Waals surface area contributed by atoms with Crippen molar-refractivity contribution < 1.29 is 0 Å². The van der Waals surface area contributed by atoms with E-state index in [1.807, 2.05) is 18.2 Å². The van der Waals surface area contributed by atoms with Crippen LogP contribution in [-0.2, 0) is 6.54 Å². The van der Waals surface area contributed by atoms with Gasteiger partial charge >= 0.3 is 0 Å². The first kappa shape index (κ1) is 14.0. The van der Waals surface area contributed by atoms with Gasteiger partial charge in [0.2, 0.25) is 0 Å². The minimum atomic E-state index is -0.266. The zero-order valence-corrected chi connectivity index (χ0v) is 11.5. The molecule has 0 spiro atoms. The summed E-state index contributed by atoms with van der Waals surface area (Å²) in [6.45, 7) is 0.402. The van der Waals surface area contributed by atoms with Gasteiger partial charge in [-0.25, -0.2) is 9.67 Å². The quantitative estimate of drug-likeness (QED) is 0.846. The molecule has 0 aliphatic rings. The van der Waals surface area contributed by atoms with Crippen molar-refractivity contribution in [2.24, 2.45) is 5.92 Å². The molecular formula is C14H12ClN5. The van der Waals surface area contributed by atoms with Crippen molar-refractivity contribution in [2.75, 3.05) is 0 Å². The molecule has 0 saturated heterocycles. The maximum absolute atomic E-state index is 9.12. The second-order valence-electron chi connectivity index (χ2n) is 4.27. The number of benzene rings is 1. The van der Waals surface area contributed by atoms with E-state index in [9.17, 15) is 0 Å². The molecule has 5 nitrogen and oxygen atoms in total. The molecule has 0 amide bonds. The zero-order chi connectivity index (χ0) is 14.4. The van der Waals surface area contributed by atoms with Crippen LogP contribution in [0.4, 0.5) is 0 Å². The monoisotopic (exact) mass is 285 g/mol. The predicted molar refractivity (Wildman–Crippen MR) is 74.4 cm³/mol. The molecule has 6 heteroatoms. The molecule has 2 aromatic rings. The molecule has 0 aliphatic carbocycles. The average molecular weight is 286 g/mol. The lowest BCUT2D eigenvalue weighted by molar-refractivity contribution is 0.479. The van der Waals surface area contributed by atoms with E-state index in [2.05, 4.69) is 22.2 Å². The van der Waals surface area contributed by atoms with Crippen LogP contribution in [0, 0.1) is 28.6 Å². The van der Waals surface area contributed by atoms with Gasteiger partial charge in [-0.2, -0.15) is 15.6 Å². The SMILES string of the molecule is N#CCCC(C#N)Cn1ncnc1-c1ccccc1Cl. The normalized spacial score (nSPS) is 11.6. The van der Waals surface area contributed by atoms with Crippen LogP contribution in [0.1, 0.15) is 12.8 Å². The maximum Gasteiger partial charge on any atom is 0.159 e. The second-order valence-corrected chi connectivity index (χ2v) is 4.68. The number of rotatable bonds is 5. The standard InChI is InChI=1S/C14H12ClN5/c15-13-6-2-1-5-12(13)14-18-10-19-20(14)9-11(8-17)4-3-7-16/h1-2,5-6,10-11H,3-4,9H2. The van der Waals surface area contributed by atoms with E-state index in [1.165, 1.54) is 6.33 Å². The summed E-state index contributed by atoms with van der Waals surface area (Å²) in [5, 5.41) is 22.4. The van der Waals surface area contributed by atoms with Crippen LogP contribution in [-0.4, -0.2) is 14.8 Å². The Hall–Kier alpha value is -2.37. The third-order valence-electron chi connectivity index (χ3n) is 2.91. The summed E-state index contributed by atoms with van der Waals surface area (Å²) < 4.78 is 1.66. The molecule has 1 heterocycles. The zero-order valence-electron chi connectivity index (χ0n) is 10.7. The van der Waals surface area contributed by atoms with Crippen molar-refractivity contribution in [1.29, 1.82) is 10.5 Å². The molecule has 0 aliphatic heterocycles. The second kappa shape index (κ2) is 6.70. The van der Waals surface area contributed by atoms with Crippen LogP contribution in [0.3, 0.4) is 0 Å². The van der Waals surface area contributed by atoms with Crippen molar-refractivity contribution in [3.63, 3.8) is 0 Å². The third kappa shape index (κ3) is 3.14. The van der Waals surface area contributed by atoms with Gasteiger partial charge in [0.15, 0.2) is 5.82 Å². The molecule has 0 radical (unpaired) electrons. The summed E-state index contributed by atoms with van der Waals surface area (Å²) in [7, 11) is 0. The van der Waals surface area contributed by atoms with E-state index in [0.717, 1.165) is 5.56 Å². The Morgan fingerprint density at radius 3 is 2.80 bits per heavy atom. The molecule has 1 aromatic carbocycles. The summed E-state index contributed by atoms with van der Waals surface area (Å²) in [4.78, 5) is 4.21. The number of halogens is 1. The highest BCUT2D eigenvalue weighted by Crippen LogP contribution is 2.26. The van der Waals surface area contributed by atoms with Gasteiger partial charge in [-0.15, -0.1) is 0 Å². The molecule has 0 bridgehead atoms. The molecule has 0 fully saturated rings. The van der Waals surface area contributed by atoms with Crippen molar-refractivity contribution >= 4 is 11.6 Å². The van der Waals surface area contributed by atoms with Crippen LogP contribution < -0.4 is 0 Å². The van der Waals surface area contributed by atoms with Crippen LogP contribution in [0.2, 0.25) is 5.02 Å². The third-order valence-corrected chi connectivity index (χ3v) is 3.24. The van der Waals surface area contributed by atoms with Gasteiger partial charge < -0.3 is 0 Å². The molecule has 2 rings (SSSR count). The van der Waals surface area contributed by atoms with Gasteiger partial charge in [0, 0.05) is 12.0 Å². The molecule has 0 N–H and O–H groups in total. The van der Waals surface area contributed by atoms with Gasteiger partial charge in [0.1, 0.15) is 6.33 Å². The van der Waals surface area contributed by atoms with Gasteiger partial charge in [0.05, 0.1) is 29.6 Å². The van der Waals surface area contributed by atoms with Crippen molar-refractivity contribution in [3.8, 4) is 23.5 Å². The molecule has 20 heavy (non-hydrogen) atoms. The largest absolute Gasteiger partial charge is 0.244 e. The first-order valence-corrected chi connectivity index (χ1v) is 6.53. The van der Waals surface area contributed by atoms with E-state index in [0.29, 0.717) is 30.2 Å². The van der Waals surface area contributed by atoms with E-state index in [1.54, 1.807) is 10.7 Å². The topological polar surface area (TPSA) is 78.3 Å². The highest BCUT2D eigenvalue weighted by molar-refractivity contribution is 6.33. The Morgan fingerprint density at radius 2 is 2.10 bits per heavy atom. The lowest BCUT2D eigenvalue weighted by atomic mass is 10.1. The Kier molecular flexibility index (Phi) is 4.70. The lowest BCUT2D eigenvalue weighted by Crippen LogP contribution is -2.12.